The van der Waals surface area contributed by atoms with Gasteiger partial charge in [-0.3, -0.25) is 10.0 Å². The Morgan fingerprint density at radius 1 is 1.29 bits per heavy atom. The van der Waals surface area contributed by atoms with Crippen molar-refractivity contribution in [2.75, 3.05) is 16.3 Å². The normalized spacial score (nSPS) is 12.3. The van der Waals surface area contributed by atoms with Crippen molar-refractivity contribution in [2.24, 2.45) is 7.05 Å². The number of sulfonamides is 1. The molecule has 0 radical (unpaired) electrons. The van der Waals surface area contributed by atoms with E-state index >= 15 is 0 Å². The van der Waals surface area contributed by atoms with Gasteiger partial charge in [0.2, 0.25) is 16.0 Å². The van der Waals surface area contributed by atoms with Gasteiger partial charge in [-0.05, 0) is 38.1 Å². The van der Waals surface area contributed by atoms with E-state index in [0.717, 1.165) is 6.26 Å². The third-order valence-electron chi connectivity index (χ3n) is 4.18. The van der Waals surface area contributed by atoms with E-state index in [1.54, 1.807) is 14.0 Å². The number of hydrogen-bond acceptors (Lipinski definition) is 8. The molecule has 3 aromatic rings. The summed E-state index contributed by atoms with van der Waals surface area (Å²) in [5, 5.41) is 10.4. The number of anilines is 2. The summed E-state index contributed by atoms with van der Waals surface area (Å²) >= 11 is 0. The van der Waals surface area contributed by atoms with E-state index in [1.807, 2.05) is 0 Å². The smallest absolute Gasteiger partial charge is 0.413 e. The highest BCUT2D eigenvalue weighted by molar-refractivity contribution is 7.92. The van der Waals surface area contributed by atoms with Crippen LogP contribution in [-0.2, 0) is 21.8 Å². The number of nitrogens with one attached hydrogen (secondary N) is 2. The van der Waals surface area contributed by atoms with Crippen molar-refractivity contribution in [3.05, 3.63) is 47.7 Å². The van der Waals surface area contributed by atoms with Crippen molar-refractivity contribution in [3.8, 4) is 11.4 Å². The molecule has 0 spiro atoms. The molecule has 164 valence electrons. The predicted molar refractivity (Wildman–Crippen MR) is 110 cm³/mol. The highest BCUT2D eigenvalue weighted by Crippen LogP contribution is 2.27. The quantitative estimate of drug-likeness (QED) is 0.547. The molecule has 0 bridgehead atoms. The second-order valence-corrected chi connectivity index (χ2v) is 8.42. The van der Waals surface area contributed by atoms with Crippen molar-refractivity contribution >= 4 is 27.6 Å². The van der Waals surface area contributed by atoms with E-state index < -0.39 is 28.2 Å². The van der Waals surface area contributed by atoms with E-state index in [9.17, 15) is 17.6 Å². The van der Waals surface area contributed by atoms with Crippen LogP contribution in [0.4, 0.5) is 20.7 Å². The number of hydrogen-bond donors (Lipinski definition) is 2. The van der Waals surface area contributed by atoms with Crippen molar-refractivity contribution in [1.29, 1.82) is 0 Å². The Hall–Kier alpha value is -3.61. The number of pyridine rings is 2. The first kappa shape index (κ1) is 22.1. The lowest BCUT2D eigenvalue weighted by Gasteiger charge is -2.15. The fraction of sp³-hybridized carbons (Fsp3) is 0.278. The first-order chi connectivity index (χ1) is 14.5. The number of aromatic nitrogens is 5. The van der Waals surface area contributed by atoms with Crippen LogP contribution >= 0.6 is 0 Å². The van der Waals surface area contributed by atoms with Gasteiger partial charge in [-0.2, -0.15) is 4.39 Å². The Morgan fingerprint density at radius 3 is 2.68 bits per heavy atom. The number of aryl methyl sites for hydroxylation is 2. The molecule has 11 nitrogen and oxygen atoms in total. The second-order valence-electron chi connectivity index (χ2n) is 6.67. The average Bonchev–Trinajstić information content (AvgIpc) is 3.03. The van der Waals surface area contributed by atoms with Crippen LogP contribution in [0.25, 0.3) is 11.4 Å². The molecule has 0 aromatic carbocycles. The standard InChI is InChI=1S/C18H20FN7O4S/c1-10-13(24-31(4,28)29)7-8-14(21-10)15-17(26(3)25-23-15)22-18(27)30-11(2)12-6-5-9-20-16(12)19/h5-9,11,24H,1-4H3,(H,22,27)/t11-/m1/s1. The van der Waals surface area contributed by atoms with Gasteiger partial charge >= 0.3 is 6.09 Å². The maximum absolute atomic E-state index is 13.8. The lowest BCUT2D eigenvalue weighted by atomic mass is 10.2. The fourth-order valence-electron chi connectivity index (χ4n) is 2.72. The zero-order chi connectivity index (χ0) is 22.8. The SMILES string of the molecule is Cc1nc(-c2nnn(C)c2NC(=O)O[C@H](C)c2cccnc2F)ccc1NS(C)(=O)=O. The summed E-state index contributed by atoms with van der Waals surface area (Å²) < 4.78 is 45.6. The molecular weight excluding hydrogens is 429 g/mol. The number of ether oxygens (including phenoxy) is 1. The third-order valence-corrected chi connectivity index (χ3v) is 4.77. The summed E-state index contributed by atoms with van der Waals surface area (Å²) in [6, 6.07) is 6.07. The lowest BCUT2D eigenvalue weighted by Crippen LogP contribution is -2.19. The Labute approximate surface area is 177 Å². The molecule has 1 amide bonds. The van der Waals surface area contributed by atoms with Crippen LogP contribution in [-0.4, -0.2) is 45.7 Å². The van der Waals surface area contributed by atoms with E-state index in [1.165, 1.54) is 42.1 Å². The molecule has 13 heteroatoms. The number of nitrogens with zero attached hydrogens (tertiary/aromatic N) is 5. The Morgan fingerprint density at radius 2 is 2.03 bits per heavy atom. The van der Waals surface area contributed by atoms with E-state index in [0.29, 0.717) is 17.1 Å². The van der Waals surface area contributed by atoms with Crippen molar-refractivity contribution in [3.63, 3.8) is 0 Å². The van der Waals surface area contributed by atoms with Gasteiger partial charge in [-0.15, -0.1) is 5.10 Å². The zero-order valence-electron chi connectivity index (χ0n) is 17.1. The van der Waals surface area contributed by atoms with Crippen LogP contribution < -0.4 is 10.0 Å². The van der Waals surface area contributed by atoms with E-state index in [4.69, 9.17) is 4.74 Å². The monoisotopic (exact) mass is 449 g/mol. The molecular formula is C18H20FN7O4S. The minimum atomic E-state index is -3.46. The van der Waals surface area contributed by atoms with Gasteiger partial charge in [-0.25, -0.2) is 27.9 Å². The number of carbonyl (C=O) groups excluding carboxylic acids is 1. The summed E-state index contributed by atoms with van der Waals surface area (Å²) in [4.78, 5) is 20.2. The predicted octanol–water partition coefficient (Wildman–Crippen LogP) is 2.40. The zero-order valence-corrected chi connectivity index (χ0v) is 17.9. The first-order valence-electron chi connectivity index (χ1n) is 8.98. The molecule has 0 saturated heterocycles. The molecule has 3 aromatic heterocycles. The molecule has 0 aliphatic rings. The number of amides is 1. The van der Waals surface area contributed by atoms with Gasteiger partial charge < -0.3 is 4.74 Å². The van der Waals surface area contributed by atoms with Gasteiger partial charge in [-0.1, -0.05) is 5.21 Å². The Bertz CT molecular complexity index is 1230. The van der Waals surface area contributed by atoms with E-state index in [2.05, 4.69) is 30.3 Å². The lowest BCUT2D eigenvalue weighted by molar-refractivity contribution is 0.118. The molecule has 1 atom stereocenters. The molecule has 3 rings (SSSR count). The number of carbonyl (C=O) groups is 1. The maximum Gasteiger partial charge on any atom is 0.413 e. The van der Waals surface area contributed by atoms with Gasteiger partial charge in [0.15, 0.2) is 11.5 Å². The fourth-order valence-corrected chi connectivity index (χ4v) is 3.34. The number of halogens is 1. The number of rotatable bonds is 6. The minimum Gasteiger partial charge on any atom is -0.441 e. The summed E-state index contributed by atoms with van der Waals surface area (Å²) in [5.74, 6) is -0.535. The van der Waals surface area contributed by atoms with Crippen LogP contribution in [0.1, 0.15) is 24.3 Å². The maximum atomic E-state index is 13.8. The topological polar surface area (TPSA) is 141 Å². The molecule has 2 N–H and O–H groups in total. The highest BCUT2D eigenvalue weighted by atomic mass is 32.2. The molecule has 0 aliphatic heterocycles. The minimum absolute atomic E-state index is 0.132. The van der Waals surface area contributed by atoms with Crippen molar-refractivity contribution in [1.82, 2.24) is 25.0 Å². The molecule has 0 saturated carbocycles. The third kappa shape index (κ3) is 5.31. The first-order valence-corrected chi connectivity index (χ1v) is 10.9. The molecule has 3 heterocycles. The average molecular weight is 449 g/mol. The summed E-state index contributed by atoms with van der Waals surface area (Å²) in [6.07, 6.45) is 0.592. The summed E-state index contributed by atoms with van der Waals surface area (Å²) in [7, 11) is -1.90. The summed E-state index contributed by atoms with van der Waals surface area (Å²) in [5.41, 5.74) is 1.45. The molecule has 31 heavy (non-hydrogen) atoms. The van der Waals surface area contributed by atoms with Crippen LogP contribution in [0.15, 0.2) is 30.5 Å². The van der Waals surface area contributed by atoms with Crippen molar-refractivity contribution < 1.29 is 22.3 Å². The van der Waals surface area contributed by atoms with Gasteiger partial charge in [0.05, 0.1) is 23.3 Å². The van der Waals surface area contributed by atoms with Crippen LogP contribution in [0.3, 0.4) is 0 Å². The Balaban J connectivity index is 1.80. The van der Waals surface area contributed by atoms with Gasteiger partial charge in [0, 0.05) is 18.8 Å². The largest absolute Gasteiger partial charge is 0.441 e. The molecule has 0 fully saturated rings. The summed E-state index contributed by atoms with van der Waals surface area (Å²) in [6.45, 7) is 3.14. The van der Waals surface area contributed by atoms with E-state index in [-0.39, 0.29) is 17.1 Å². The van der Waals surface area contributed by atoms with Gasteiger partial charge in [0.1, 0.15) is 6.10 Å². The second kappa shape index (κ2) is 8.63. The highest BCUT2D eigenvalue weighted by Gasteiger charge is 2.21. The Kier molecular flexibility index (Phi) is 6.15. The van der Waals surface area contributed by atoms with Crippen molar-refractivity contribution in [2.45, 2.75) is 20.0 Å². The van der Waals surface area contributed by atoms with Crippen LogP contribution in [0.5, 0.6) is 0 Å². The van der Waals surface area contributed by atoms with Gasteiger partial charge in [0.25, 0.3) is 0 Å². The van der Waals surface area contributed by atoms with Crippen LogP contribution in [0.2, 0.25) is 0 Å². The molecule has 0 unspecified atom stereocenters. The van der Waals surface area contributed by atoms with Crippen LogP contribution in [0, 0.1) is 12.9 Å². The molecule has 0 aliphatic carbocycles.